The number of benzene rings is 1. The molecule has 0 aromatic heterocycles. The molecule has 1 aromatic carbocycles. The van der Waals surface area contributed by atoms with Gasteiger partial charge >= 0.3 is 5.97 Å². The first kappa shape index (κ1) is 12.1. The molecule has 84 valence electrons. The molecule has 0 radical (unpaired) electrons. The molecule has 0 saturated heterocycles. The monoisotopic (exact) mass is 219 g/mol. The standard InChI is InChI=1S/C12H13NO3/c1-8(11(7-13)12(14)15)9-3-5-10(16-2)6-4-9/h3-6,8,11H,1-2H3,(H,14,15). The first-order valence-corrected chi connectivity index (χ1v) is 4.86. The van der Waals surface area contributed by atoms with Crippen molar-refractivity contribution < 1.29 is 14.6 Å². The molecule has 0 heterocycles. The molecule has 1 N–H and O–H groups in total. The second-order valence-electron chi connectivity index (χ2n) is 3.51. The maximum Gasteiger partial charge on any atom is 0.321 e. The van der Waals surface area contributed by atoms with E-state index in [1.54, 1.807) is 44.4 Å². The van der Waals surface area contributed by atoms with Gasteiger partial charge in [0, 0.05) is 5.92 Å². The van der Waals surface area contributed by atoms with Gasteiger partial charge in [-0.3, -0.25) is 4.79 Å². The first-order chi connectivity index (χ1) is 7.60. The molecule has 2 atom stereocenters. The molecular formula is C12H13NO3. The highest BCUT2D eigenvalue weighted by Gasteiger charge is 2.25. The molecule has 4 nitrogen and oxygen atoms in total. The van der Waals surface area contributed by atoms with Gasteiger partial charge in [-0.25, -0.2) is 0 Å². The second-order valence-corrected chi connectivity index (χ2v) is 3.51. The maximum absolute atomic E-state index is 10.8. The van der Waals surface area contributed by atoms with Crippen LogP contribution in [-0.4, -0.2) is 18.2 Å². The van der Waals surface area contributed by atoms with Gasteiger partial charge in [-0.05, 0) is 17.7 Å². The largest absolute Gasteiger partial charge is 0.497 e. The third kappa shape index (κ3) is 2.51. The van der Waals surface area contributed by atoms with Gasteiger partial charge < -0.3 is 9.84 Å². The van der Waals surface area contributed by atoms with Gasteiger partial charge in [-0.2, -0.15) is 5.26 Å². The lowest BCUT2D eigenvalue weighted by atomic mass is 9.89. The van der Waals surface area contributed by atoms with Gasteiger partial charge in [0.15, 0.2) is 0 Å². The summed E-state index contributed by atoms with van der Waals surface area (Å²) in [6.07, 6.45) is 0. The molecule has 0 aliphatic heterocycles. The van der Waals surface area contributed by atoms with E-state index in [-0.39, 0.29) is 5.92 Å². The number of rotatable bonds is 4. The topological polar surface area (TPSA) is 70.3 Å². The Bertz CT molecular complexity index is 405. The van der Waals surface area contributed by atoms with Crippen molar-refractivity contribution in [2.24, 2.45) is 5.92 Å². The van der Waals surface area contributed by atoms with E-state index in [2.05, 4.69) is 0 Å². The van der Waals surface area contributed by atoms with E-state index < -0.39 is 11.9 Å². The van der Waals surface area contributed by atoms with E-state index >= 15 is 0 Å². The van der Waals surface area contributed by atoms with E-state index in [4.69, 9.17) is 15.1 Å². The number of hydrogen-bond acceptors (Lipinski definition) is 3. The zero-order valence-corrected chi connectivity index (χ0v) is 9.18. The van der Waals surface area contributed by atoms with E-state index in [9.17, 15) is 4.79 Å². The van der Waals surface area contributed by atoms with Crippen LogP contribution in [0.4, 0.5) is 0 Å². The van der Waals surface area contributed by atoms with Crippen LogP contribution in [0.3, 0.4) is 0 Å². The molecule has 16 heavy (non-hydrogen) atoms. The zero-order valence-electron chi connectivity index (χ0n) is 9.18. The van der Waals surface area contributed by atoms with Crippen molar-refractivity contribution in [2.75, 3.05) is 7.11 Å². The Morgan fingerprint density at radius 2 is 2.00 bits per heavy atom. The van der Waals surface area contributed by atoms with E-state index in [0.717, 1.165) is 5.56 Å². The van der Waals surface area contributed by atoms with Crippen LogP contribution in [0.5, 0.6) is 5.75 Å². The number of hydrogen-bond donors (Lipinski definition) is 1. The third-order valence-corrected chi connectivity index (χ3v) is 2.55. The number of ether oxygens (including phenoxy) is 1. The predicted molar refractivity (Wildman–Crippen MR) is 58.1 cm³/mol. The highest BCUT2D eigenvalue weighted by atomic mass is 16.5. The van der Waals surface area contributed by atoms with Crippen molar-refractivity contribution >= 4 is 5.97 Å². The molecule has 2 unspecified atom stereocenters. The number of carbonyl (C=O) groups is 1. The molecule has 1 aromatic rings. The summed E-state index contributed by atoms with van der Waals surface area (Å²) < 4.78 is 5.00. The Morgan fingerprint density at radius 1 is 1.44 bits per heavy atom. The van der Waals surface area contributed by atoms with Crippen LogP contribution in [0, 0.1) is 17.2 Å². The average Bonchev–Trinajstić information content (AvgIpc) is 2.29. The minimum atomic E-state index is -1.09. The number of carboxylic acids is 1. The van der Waals surface area contributed by atoms with Crippen molar-refractivity contribution in [2.45, 2.75) is 12.8 Å². The molecule has 4 heteroatoms. The lowest BCUT2D eigenvalue weighted by Crippen LogP contribution is -2.18. The van der Waals surface area contributed by atoms with Gasteiger partial charge in [-0.1, -0.05) is 19.1 Å². The van der Waals surface area contributed by atoms with Crippen molar-refractivity contribution in [3.8, 4) is 11.8 Å². The van der Waals surface area contributed by atoms with Crippen LogP contribution in [0.15, 0.2) is 24.3 Å². The lowest BCUT2D eigenvalue weighted by Gasteiger charge is -2.14. The minimum absolute atomic E-state index is 0.339. The summed E-state index contributed by atoms with van der Waals surface area (Å²) in [7, 11) is 1.56. The Hall–Kier alpha value is -2.02. The Balaban J connectivity index is 2.91. The van der Waals surface area contributed by atoms with E-state index in [0.29, 0.717) is 5.75 Å². The highest BCUT2D eigenvalue weighted by molar-refractivity contribution is 5.74. The Kier molecular flexibility index (Phi) is 3.90. The van der Waals surface area contributed by atoms with Crippen molar-refractivity contribution in [1.82, 2.24) is 0 Å². The summed E-state index contributed by atoms with van der Waals surface area (Å²) in [5, 5.41) is 17.6. The number of nitriles is 1. The zero-order chi connectivity index (χ0) is 12.1. The number of methoxy groups -OCH3 is 1. The molecule has 0 fully saturated rings. The maximum atomic E-state index is 10.8. The van der Waals surface area contributed by atoms with Crippen LogP contribution >= 0.6 is 0 Å². The molecule has 1 rings (SSSR count). The third-order valence-electron chi connectivity index (χ3n) is 2.55. The fourth-order valence-corrected chi connectivity index (χ4v) is 1.48. The van der Waals surface area contributed by atoms with Gasteiger partial charge in [0.05, 0.1) is 13.2 Å². The van der Waals surface area contributed by atoms with Gasteiger partial charge in [0.25, 0.3) is 0 Å². The van der Waals surface area contributed by atoms with Crippen LogP contribution in [-0.2, 0) is 4.79 Å². The number of nitrogens with zero attached hydrogens (tertiary/aromatic N) is 1. The summed E-state index contributed by atoms with van der Waals surface area (Å²) in [5.74, 6) is -1.74. The summed E-state index contributed by atoms with van der Waals surface area (Å²) >= 11 is 0. The Morgan fingerprint density at radius 3 is 2.38 bits per heavy atom. The van der Waals surface area contributed by atoms with Crippen LogP contribution < -0.4 is 4.74 Å². The molecule has 0 bridgehead atoms. The smallest absolute Gasteiger partial charge is 0.321 e. The lowest BCUT2D eigenvalue weighted by molar-refractivity contribution is -0.140. The fourth-order valence-electron chi connectivity index (χ4n) is 1.48. The summed E-state index contributed by atoms with van der Waals surface area (Å²) in [6.45, 7) is 1.73. The van der Waals surface area contributed by atoms with Gasteiger partial charge in [0.1, 0.15) is 11.7 Å². The van der Waals surface area contributed by atoms with Crippen LogP contribution in [0.2, 0.25) is 0 Å². The van der Waals surface area contributed by atoms with Gasteiger partial charge in [-0.15, -0.1) is 0 Å². The average molecular weight is 219 g/mol. The second kappa shape index (κ2) is 5.17. The molecular weight excluding hydrogens is 206 g/mol. The van der Waals surface area contributed by atoms with E-state index in [1.165, 1.54) is 0 Å². The highest BCUT2D eigenvalue weighted by Crippen LogP contribution is 2.25. The summed E-state index contributed by atoms with van der Waals surface area (Å²) in [5.41, 5.74) is 0.815. The normalized spacial score (nSPS) is 13.6. The first-order valence-electron chi connectivity index (χ1n) is 4.86. The predicted octanol–water partition coefficient (Wildman–Crippen LogP) is 2.02. The van der Waals surface area contributed by atoms with Crippen molar-refractivity contribution in [3.05, 3.63) is 29.8 Å². The van der Waals surface area contributed by atoms with Crippen molar-refractivity contribution in [1.29, 1.82) is 5.26 Å². The summed E-state index contributed by atoms with van der Waals surface area (Å²) in [6, 6.07) is 8.85. The fraction of sp³-hybridized carbons (Fsp3) is 0.333. The quantitative estimate of drug-likeness (QED) is 0.841. The van der Waals surface area contributed by atoms with E-state index in [1.807, 2.05) is 0 Å². The molecule has 0 amide bonds. The molecule has 0 saturated carbocycles. The Labute approximate surface area is 94.1 Å². The summed E-state index contributed by atoms with van der Waals surface area (Å²) in [4.78, 5) is 10.8. The van der Waals surface area contributed by atoms with Crippen LogP contribution in [0.1, 0.15) is 18.4 Å². The number of aliphatic carboxylic acids is 1. The van der Waals surface area contributed by atoms with Crippen molar-refractivity contribution in [3.63, 3.8) is 0 Å². The molecule has 0 aliphatic rings. The molecule has 0 aliphatic carbocycles. The van der Waals surface area contributed by atoms with Crippen LogP contribution in [0.25, 0.3) is 0 Å². The van der Waals surface area contributed by atoms with Gasteiger partial charge in [0.2, 0.25) is 0 Å². The number of carboxylic acid groups (broad SMARTS) is 1. The SMILES string of the molecule is COc1ccc(C(C)C(C#N)C(=O)O)cc1. The molecule has 0 spiro atoms. The minimum Gasteiger partial charge on any atom is -0.497 e.